The van der Waals surface area contributed by atoms with Crippen molar-refractivity contribution in [1.29, 1.82) is 0 Å². The van der Waals surface area contributed by atoms with Crippen LogP contribution in [0.2, 0.25) is 0 Å². The van der Waals surface area contributed by atoms with Crippen LogP contribution in [0.5, 0.6) is 0 Å². The van der Waals surface area contributed by atoms with Gasteiger partial charge < -0.3 is 9.88 Å². The molecule has 0 aliphatic heterocycles. The first-order valence-corrected chi connectivity index (χ1v) is 5.49. The maximum atomic E-state index is 11.7. The molecule has 0 saturated carbocycles. The van der Waals surface area contributed by atoms with Crippen LogP contribution in [0.3, 0.4) is 0 Å². The van der Waals surface area contributed by atoms with Gasteiger partial charge in [0, 0.05) is 37.1 Å². The van der Waals surface area contributed by atoms with Gasteiger partial charge in [0.2, 0.25) is 5.91 Å². The van der Waals surface area contributed by atoms with E-state index < -0.39 is 0 Å². The van der Waals surface area contributed by atoms with E-state index in [-0.39, 0.29) is 11.9 Å². The van der Waals surface area contributed by atoms with Crippen molar-refractivity contribution in [2.24, 2.45) is 0 Å². The summed E-state index contributed by atoms with van der Waals surface area (Å²) >= 11 is 0. The maximum absolute atomic E-state index is 11.7. The van der Waals surface area contributed by atoms with Crippen LogP contribution >= 0.6 is 0 Å². The second-order valence-corrected chi connectivity index (χ2v) is 3.87. The summed E-state index contributed by atoms with van der Waals surface area (Å²) in [4.78, 5) is 15.6. The molecule has 17 heavy (non-hydrogen) atoms. The van der Waals surface area contributed by atoms with Gasteiger partial charge in [-0.25, -0.2) is 4.98 Å². The molecule has 1 amide bonds. The molecule has 0 aliphatic carbocycles. The van der Waals surface area contributed by atoms with E-state index in [0.29, 0.717) is 13.0 Å². The molecule has 1 atom stereocenters. The summed E-state index contributed by atoms with van der Waals surface area (Å²) in [6.07, 6.45) is 9.17. The summed E-state index contributed by atoms with van der Waals surface area (Å²) in [5, 5.41) is 9.49. The van der Waals surface area contributed by atoms with E-state index in [1.165, 1.54) is 0 Å². The van der Waals surface area contributed by atoms with Crippen LogP contribution in [0.15, 0.2) is 31.1 Å². The van der Waals surface area contributed by atoms with Crippen molar-refractivity contribution in [2.75, 3.05) is 0 Å². The molecule has 6 heteroatoms. The molecule has 0 radical (unpaired) electrons. The monoisotopic (exact) mass is 233 g/mol. The molecule has 1 unspecified atom stereocenters. The van der Waals surface area contributed by atoms with Crippen LogP contribution < -0.4 is 5.32 Å². The number of imidazole rings is 1. The molecular formula is C11H15N5O. The molecule has 0 aliphatic rings. The third-order valence-corrected chi connectivity index (χ3v) is 2.55. The Kier molecular flexibility index (Phi) is 3.54. The van der Waals surface area contributed by atoms with Crippen molar-refractivity contribution in [3.8, 4) is 0 Å². The van der Waals surface area contributed by atoms with E-state index in [1.54, 1.807) is 24.9 Å². The zero-order valence-electron chi connectivity index (χ0n) is 9.63. The van der Waals surface area contributed by atoms with E-state index in [4.69, 9.17) is 0 Å². The van der Waals surface area contributed by atoms with Gasteiger partial charge in [0.25, 0.3) is 0 Å². The Balaban J connectivity index is 1.77. The lowest BCUT2D eigenvalue weighted by molar-refractivity contribution is -0.121. The number of carbonyl (C=O) groups is 1. The fraction of sp³-hybridized carbons (Fsp3) is 0.364. The van der Waals surface area contributed by atoms with Crippen molar-refractivity contribution in [2.45, 2.75) is 25.9 Å². The molecule has 0 saturated heterocycles. The normalized spacial score (nSPS) is 12.3. The number of nitrogens with one attached hydrogen (secondary N) is 2. The van der Waals surface area contributed by atoms with Gasteiger partial charge >= 0.3 is 0 Å². The average Bonchev–Trinajstić information content (AvgIpc) is 2.99. The Morgan fingerprint density at radius 1 is 1.65 bits per heavy atom. The van der Waals surface area contributed by atoms with Gasteiger partial charge in [-0.2, -0.15) is 5.10 Å². The number of nitrogens with zero attached hydrogens (tertiary/aromatic N) is 3. The van der Waals surface area contributed by atoms with Crippen LogP contribution in [-0.4, -0.2) is 25.7 Å². The molecule has 0 bridgehead atoms. The number of hydrogen-bond donors (Lipinski definition) is 2. The molecule has 2 aromatic heterocycles. The second kappa shape index (κ2) is 5.29. The maximum Gasteiger partial charge on any atom is 0.222 e. The minimum Gasteiger partial charge on any atom is -0.349 e. The minimum atomic E-state index is -0.0240. The fourth-order valence-electron chi connectivity index (χ4n) is 1.54. The zero-order valence-corrected chi connectivity index (χ0v) is 9.63. The Bertz CT molecular complexity index is 448. The molecular weight excluding hydrogens is 218 g/mol. The van der Waals surface area contributed by atoms with Crippen LogP contribution in [0.25, 0.3) is 0 Å². The highest BCUT2D eigenvalue weighted by Gasteiger charge is 2.09. The van der Waals surface area contributed by atoms with Crippen LogP contribution in [0.4, 0.5) is 0 Å². The van der Waals surface area contributed by atoms with Crippen molar-refractivity contribution in [1.82, 2.24) is 25.1 Å². The number of aryl methyl sites for hydroxylation is 1. The van der Waals surface area contributed by atoms with Gasteiger partial charge in [-0.05, 0) is 6.92 Å². The topological polar surface area (TPSA) is 75.6 Å². The molecule has 2 rings (SSSR count). The molecule has 6 nitrogen and oxygen atoms in total. The van der Waals surface area contributed by atoms with E-state index in [0.717, 1.165) is 5.56 Å². The molecule has 90 valence electrons. The standard InChI is InChI=1S/C11H15N5O/c1-9(10-6-13-14-7-10)15-11(17)2-4-16-5-3-12-8-16/h3,5-9H,2,4H2,1H3,(H,13,14)(H,15,17). The molecule has 0 spiro atoms. The number of aromatic amines is 1. The lowest BCUT2D eigenvalue weighted by Crippen LogP contribution is -2.27. The van der Waals surface area contributed by atoms with E-state index >= 15 is 0 Å². The van der Waals surface area contributed by atoms with Gasteiger partial charge in [-0.1, -0.05) is 0 Å². The predicted octanol–water partition coefficient (Wildman–Crippen LogP) is 0.874. The highest BCUT2D eigenvalue weighted by molar-refractivity contribution is 5.76. The van der Waals surface area contributed by atoms with Crippen molar-refractivity contribution in [3.63, 3.8) is 0 Å². The van der Waals surface area contributed by atoms with Crippen molar-refractivity contribution in [3.05, 3.63) is 36.7 Å². The largest absolute Gasteiger partial charge is 0.349 e. The number of rotatable bonds is 5. The van der Waals surface area contributed by atoms with Crippen LogP contribution in [-0.2, 0) is 11.3 Å². The first-order chi connectivity index (χ1) is 8.25. The Hall–Kier alpha value is -2.11. The summed E-state index contributed by atoms with van der Waals surface area (Å²) < 4.78 is 1.88. The molecule has 2 heterocycles. The summed E-state index contributed by atoms with van der Waals surface area (Å²) in [6.45, 7) is 2.57. The smallest absolute Gasteiger partial charge is 0.222 e. The average molecular weight is 233 g/mol. The van der Waals surface area contributed by atoms with Gasteiger partial charge in [-0.15, -0.1) is 0 Å². The molecule has 0 fully saturated rings. The highest BCUT2D eigenvalue weighted by Crippen LogP contribution is 2.09. The third-order valence-electron chi connectivity index (χ3n) is 2.55. The zero-order chi connectivity index (χ0) is 12.1. The van der Waals surface area contributed by atoms with Gasteiger partial charge in [0.1, 0.15) is 0 Å². The van der Waals surface area contributed by atoms with Crippen molar-refractivity contribution >= 4 is 5.91 Å². The summed E-state index contributed by atoms with van der Waals surface area (Å²) in [7, 11) is 0. The molecule has 0 aromatic carbocycles. The second-order valence-electron chi connectivity index (χ2n) is 3.87. The highest BCUT2D eigenvalue weighted by atomic mass is 16.1. The first-order valence-electron chi connectivity index (χ1n) is 5.49. The van der Waals surface area contributed by atoms with Crippen LogP contribution in [0.1, 0.15) is 24.9 Å². The summed E-state index contributed by atoms with van der Waals surface area (Å²) in [6, 6.07) is -0.0240. The third kappa shape index (κ3) is 3.17. The predicted molar refractivity (Wildman–Crippen MR) is 62.0 cm³/mol. The lowest BCUT2D eigenvalue weighted by Gasteiger charge is -2.11. The van der Waals surface area contributed by atoms with Gasteiger partial charge in [-0.3, -0.25) is 9.89 Å². The fourth-order valence-corrected chi connectivity index (χ4v) is 1.54. The van der Waals surface area contributed by atoms with Gasteiger partial charge in [0.05, 0.1) is 18.6 Å². The van der Waals surface area contributed by atoms with Crippen LogP contribution in [0, 0.1) is 0 Å². The minimum absolute atomic E-state index is 0.0207. The Labute approximate surface area is 99.1 Å². The van der Waals surface area contributed by atoms with E-state index in [2.05, 4.69) is 20.5 Å². The van der Waals surface area contributed by atoms with Gasteiger partial charge in [0.15, 0.2) is 0 Å². The number of H-pyrrole nitrogens is 1. The molecule has 2 aromatic rings. The summed E-state index contributed by atoms with van der Waals surface area (Å²) in [5.41, 5.74) is 0.973. The Morgan fingerprint density at radius 2 is 2.53 bits per heavy atom. The number of amides is 1. The number of carbonyl (C=O) groups excluding carboxylic acids is 1. The van der Waals surface area contributed by atoms with E-state index in [1.807, 2.05) is 17.7 Å². The molecule has 2 N–H and O–H groups in total. The van der Waals surface area contributed by atoms with Crippen molar-refractivity contribution < 1.29 is 4.79 Å². The summed E-state index contributed by atoms with van der Waals surface area (Å²) in [5.74, 6) is 0.0207. The SMILES string of the molecule is CC(NC(=O)CCn1ccnc1)c1cn[nH]c1. The quantitative estimate of drug-likeness (QED) is 0.804. The Morgan fingerprint density at radius 3 is 3.18 bits per heavy atom. The number of hydrogen-bond acceptors (Lipinski definition) is 3. The lowest BCUT2D eigenvalue weighted by atomic mass is 10.2. The van der Waals surface area contributed by atoms with E-state index in [9.17, 15) is 4.79 Å². The first kappa shape index (κ1) is 11.4. The number of aromatic nitrogens is 4.